The summed E-state index contributed by atoms with van der Waals surface area (Å²) in [6.45, 7) is 2.79. The van der Waals surface area contributed by atoms with E-state index in [4.69, 9.17) is 0 Å². The summed E-state index contributed by atoms with van der Waals surface area (Å²) in [5.41, 5.74) is 0. The summed E-state index contributed by atoms with van der Waals surface area (Å²) in [6, 6.07) is 0. The molecule has 0 N–H and O–H groups in total. The van der Waals surface area contributed by atoms with Crippen LogP contribution < -0.4 is 0 Å². The van der Waals surface area contributed by atoms with Gasteiger partial charge in [0.1, 0.15) is 17.9 Å². The molecule has 0 radical (unpaired) electrons. The number of aromatic nitrogens is 3. The molecule has 14 heavy (non-hydrogen) atoms. The molecule has 0 spiro atoms. The van der Waals surface area contributed by atoms with Crippen molar-refractivity contribution in [1.29, 1.82) is 0 Å². The van der Waals surface area contributed by atoms with Crippen LogP contribution in [0.25, 0.3) is 0 Å². The van der Waals surface area contributed by atoms with Gasteiger partial charge < -0.3 is 0 Å². The van der Waals surface area contributed by atoms with E-state index >= 15 is 0 Å². The molecule has 0 atom stereocenters. The van der Waals surface area contributed by atoms with Crippen LogP contribution in [0.5, 0.6) is 0 Å². The van der Waals surface area contributed by atoms with E-state index in [-0.39, 0.29) is 0 Å². The molecule has 0 bridgehead atoms. The molecule has 0 unspecified atom stereocenters. The van der Waals surface area contributed by atoms with Gasteiger partial charge >= 0.3 is 0 Å². The van der Waals surface area contributed by atoms with Crippen LogP contribution in [0.3, 0.4) is 0 Å². The van der Waals surface area contributed by atoms with Crippen molar-refractivity contribution in [2.45, 2.75) is 39.2 Å². The Labute approximate surface area is 83.3 Å². The second-order valence-electron chi connectivity index (χ2n) is 3.76. The zero-order valence-electron chi connectivity index (χ0n) is 8.44. The molecule has 1 aliphatic rings. The van der Waals surface area contributed by atoms with Crippen molar-refractivity contribution < 1.29 is 4.79 Å². The molecule has 0 aromatic carbocycles. The highest BCUT2D eigenvalue weighted by Crippen LogP contribution is 2.27. The maximum atomic E-state index is 11.7. The van der Waals surface area contributed by atoms with Gasteiger partial charge in [-0.3, -0.25) is 4.79 Å². The fourth-order valence-corrected chi connectivity index (χ4v) is 1.72. The lowest BCUT2D eigenvalue weighted by atomic mass is 9.81. The Bertz CT molecular complexity index is 328. The van der Waals surface area contributed by atoms with Gasteiger partial charge in [-0.2, -0.15) is 5.10 Å². The number of Topliss-reactive ketones (excluding diaryl/α,β-unsaturated/α-hetero) is 1. The fraction of sp³-hybridized carbons (Fsp3) is 0.700. The first kappa shape index (κ1) is 9.37. The van der Waals surface area contributed by atoms with Gasteiger partial charge in [-0.25, -0.2) is 9.67 Å². The molecule has 1 aromatic rings. The summed E-state index contributed by atoms with van der Waals surface area (Å²) < 4.78 is 1.79. The van der Waals surface area contributed by atoms with Crippen LogP contribution in [-0.2, 0) is 17.8 Å². The van der Waals surface area contributed by atoms with Crippen LogP contribution >= 0.6 is 0 Å². The zero-order chi connectivity index (χ0) is 9.97. The minimum atomic E-state index is 0.303. The molecule has 4 heteroatoms. The van der Waals surface area contributed by atoms with E-state index in [2.05, 4.69) is 10.1 Å². The van der Waals surface area contributed by atoms with E-state index in [1.54, 1.807) is 4.68 Å². The minimum Gasteiger partial charge on any atom is -0.299 e. The maximum Gasteiger partial charge on any atom is 0.143 e. The molecule has 2 rings (SSSR count). The van der Waals surface area contributed by atoms with Crippen molar-refractivity contribution in [3.63, 3.8) is 0 Å². The molecule has 0 amide bonds. The van der Waals surface area contributed by atoms with Crippen molar-refractivity contribution in [2.75, 3.05) is 0 Å². The Morgan fingerprint density at radius 3 is 3.00 bits per heavy atom. The monoisotopic (exact) mass is 193 g/mol. The first-order valence-electron chi connectivity index (χ1n) is 5.20. The Balaban J connectivity index is 1.99. The Kier molecular flexibility index (Phi) is 2.61. The van der Waals surface area contributed by atoms with Crippen LogP contribution in [0.4, 0.5) is 0 Å². The van der Waals surface area contributed by atoms with E-state index in [0.29, 0.717) is 18.1 Å². The average molecular weight is 193 g/mol. The Morgan fingerprint density at radius 1 is 1.64 bits per heavy atom. The van der Waals surface area contributed by atoms with Crippen molar-refractivity contribution in [1.82, 2.24) is 14.8 Å². The number of hydrogen-bond acceptors (Lipinski definition) is 3. The number of aryl methyl sites for hydroxylation is 1. The van der Waals surface area contributed by atoms with Gasteiger partial charge in [0.05, 0.1) is 6.42 Å². The van der Waals surface area contributed by atoms with E-state index in [1.165, 1.54) is 12.7 Å². The Hall–Kier alpha value is -1.19. The van der Waals surface area contributed by atoms with Gasteiger partial charge in [0.15, 0.2) is 0 Å². The van der Waals surface area contributed by atoms with E-state index < -0.39 is 0 Å². The number of rotatable bonds is 4. The van der Waals surface area contributed by atoms with Gasteiger partial charge in [0, 0.05) is 12.5 Å². The van der Waals surface area contributed by atoms with Gasteiger partial charge in [-0.05, 0) is 19.8 Å². The average Bonchev–Trinajstić information content (AvgIpc) is 2.48. The number of carbonyl (C=O) groups excluding carboxylic acids is 1. The largest absolute Gasteiger partial charge is 0.299 e. The summed E-state index contributed by atoms with van der Waals surface area (Å²) in [7, 11) is 0. The topological polar surface area (TPSA) is 47.8 Å². The second-order valence-corrected chi connectivity index (χ2v) is 3.76. The van der Waals surface area contributed by atoms with E-state index in [1.807, 2.05) is 6.92 Å². The second kappa shape index (κ2) is 3.90. The van der Waals surface area contributed by atoms with Gasteiger partial charge in [-0.1, -0.05) is 6.42 Å². The van der Waals surface area contributed by atoms with Crippen molar-refractivity contribution in [2.24, 2.45) is 5.92 Å². The smallest absolute Gasteiger partial charge is 0.143 e. The predicted octanol–water partition coefficient (Wildman–Crippen LogP) is 1.21. The molecule has 76 valence electrons. The molecule has 1 aromatic heterocycles. The number of ketones is 1. The lowest BCUT2D eigenvalue weighted by Gasteiger charge is -2.23. The quantitative estimate of drug-likeness (QED) is 0.722. The lowest BCUT2D eigenvalue weighted by Crippen LogP contribution is -2.24. The van der Waals surface area contributed by atoms with E-state index in [9.17, 15) is 4.79 Å². The van der Waals surface area contributed by atoms with Gasteiger partial charge in [0.2, 0.25) is 0 Å². The van der Waals surface area contributed by atoms with Crippen LogP contribution in [-0.4, -0.2) is 20.5 Å². The highest BCUT2D eigenvalue weighted by atomic mass is 16.1. The summed E-state index contributed by atoms with van der Waals surface area (Å²) in [4.78, 5) is 15.8. The summed E-state index contributed by atoms with van der Waals surface area (Å²) in [5.74, 6) is 1.44. The molecule has 4 nitrogen and oxygen atoms in total. The normalized spacial score (nSPS) is 16.6. The Morgan fingerprint density at radius 2 is 2.43 bits per heavy atom. The first-order valence-corrected chi connectivity index (χ1v) is 5.20. The molecular weight excluding hydrogens is 178 g/mol. The van der Waals surface area contributed by atoms with Gasteiger partial charge in [0.25, 0.3) is 0 Å². The third kappa shape index (κ3) is 1.69. The number of nitrogens with zero attached hydrogens (tertiary/aromatic N) is 3. The molecule has 0 saturated heterocycles. The summed E-state index contributed by atoms with van der Waals surface area (Å²) >= 11 is 0. The molecule has 0 aliphatic heterocycles. The van der Waals surface area contributed by atoms with Crippen molar-refractivity contribution >= 4 is 5.78 Å². The third-order valence-corrected chi connectivity index (χ3v) is 2.89. The predicted molar refractivity (Wildman–Crippen MR) is 51.7 cm³/mol. The van der Waals surface area contributed by atoms with Gasteiger partial charge in [-0.15, -0.1) is 0 Å². The van der Waals surface area contributed by atoms with E-state index in [0.717, 1.165) is 25.2 Å². The number of carbonyl (C=O) groups is 1. The first-order chi connectivity index (χ1) is 6.81. The minimum absolute atomic E-state index is 0.303. The van der Waals surface area contributed by atoms with Crippen LogP contribution in [0, 0.1) is 5.92 Å². The SMILES string of the molecule is CCn1ncnc1CC(=O)C1CCC1. The highest BCUT2D eigenvalue weighted by Gasteiger charge is 2.25. The maximum absolute atomic E-state index is 11.7. The summed E-state index contributed by atoms with van der Waals surface area (Å²) in [6.07, 6.45) is 5.32. The summed E-state index contributed by atoms with van der Waals surface area (Å²) in [5, 5.41) is 4.04. The zero-order valence-corrected chi connectivity index (χ0v) is 8.44. The number of hydrogen-bond donors (Lipinski definition) is 0. The van der Waals surface area contributed by atoms with Crippen LogP contribution in [0.2, 0.25) is 0 Å². The molecule has 1 aliphatic carbocycles. The lowest BCUT2D eigenvalue weighted by molar-refractivity contribution is -0.124. The third-order valence-electron chi connectivity index (χ3n) is 2.89. The molecule has 1 saturated carbocycles. The van der Waals surface area contributed by atoms with Crippen LogP contribution in [0.1, 0.15) is 32.0 Å². The standard InChI is InChI=1S/C10H15N3O/c1-2-13-10(11-7-12-13)6-9(14)8-4-3-5-8/h7-8H,2-6H2,1H3. The van der Waals surface area contributed by atoms with Crippen molar-refractivity contribution in [3.05, 3.63) is 12.2 Å². The molecular formula is C10H15N3O. The highest BCUT2D eigenvalue weighted by molar-refractivity contribution is 5.83. The van der Waals surface area contributed by atoms with Crippen LogP contribution in [0.15, 0.2) is 6.33 Å². The molecule has 1 fully saturated rings. The fourth-order valence-electron chi connectivity index (χ4n) is 1.72. The molecule has 1 heterocycles. The van der Waals surface area contributed by atoms with Crippen molar-refractivity contribution in [3.8, 4) is 0 Å².